The van der Waals surface area contributed by atoms with Crippen LogP contribution in [0.3, 0.4) is 0 Å². The van der Waals surface area contributed by atoms with Crippen LogP contribution in [0.25, 0.3) is 0 Å². The second-order valence-electron chi connectivity index (χ2n) is 4.62. The molecule has 2 nitrogen and oxygen atoms in total. The minimum atomic E-state index is -2.51. The molecule has 0 radical (unpaired) electrons. The van der Waals surface area contributed by atoms with Gasteiger partial charge in [-0.25, -0.2) is 8.78 Å². The van der Waals surface area contributed by atoms with Crippen molar-refractivity contribution in [1.29, 1.82) is 0 Å². The Morgan fingerprint density at radius 3 is 2.33 bits per heavy atom. The van der Waals surface area contributed by atoms with E-state index in [0.717, 1.165) is 12.8 Å². The lowest BCUT2D eigenvalue weighted by Crippen LogP contribution is -2.30. The van der Waals surface area contributed by atoms with Gasteiger partial charge < -0.3 is 10.5 Å². The van der Waals surface area contributed by atoms with Crippen molar-refractivity contribution in [3.05, 3.63) is 0 Å². The van der Waals surface area contributed by atoms with Crippen LogP contribution in [0.4, 0.5) is 8.78 Å². The summed E-state index contributed by atoms with van der Waals surface area (Å²) in [5, 5.41) is 0. The monoisotopic (exact) mass is 241 g/mol. The second-order valence-corrected chi connectivity index (χ2v) is 4.62. The van der Waals surface area contributed by atoms with Crippen LogP contribution >= 0.6 is 12.4 Å². The molecule has 5 heteroatoms. The van der Waals surface area contributed by atoms with Gasteiger partial charge in [-0.2, -0.15) is 0 Å². The van der Waals surface area contributed by atoms with Crippen LogP contribution in [0.15, 0.2) is 0 Å². The van der Waals surface area contributed by atoms with Gasteiger partial charge in [0.05, 0.1) is 12.5 Å². The molecule has 0 aromatic rings. The van der Waals surface area contributed by atoms with E-state index in [0.29, 0.717) is 12.8 Å². The normalized spacial score (nSPS) is 42.4. The fourth-order valence-corrected chi connectivity index (χ4v) is 2.86. The molecule has 0 heterocycles. The fraction of sp³-hybridized carbons (Fsp3) is 1.00. The van der Waals surface area contributed by atoms with E-state index in [4.69, 9.17) is 10.5 Å². The second kappa shape index (κ2) is 4.15. The third-order valence-electron chi connectivity index (χ3n) is 3.94. The van der Waals surface area contributed by atoms with Gasteiger partial charge in [0.2, 0.25) is 0 Å². The van der Waals surface area contributed by atoms with Gasteiger partial charge in [-0.15, -0.1) is 12.4 Å². The predicted molar refractivity (Wildman–Crippen MR) is 56.4 cm³/mol. The van der Waals surface area contributed by atoms with Crippen molar-refractivity contribution in [1.82, 2.24) is 0 Å². The van der Waals surface area contributed by atoms with E-state index in [1.54, 1.807) is 0 Å². The molecule has 0 aromatic heterocycles. The Balaban J connectivity index is 0.00000112. The van der Waals surface area contributed by atoms with E-state index in [9.17, 15) is 8.78 Å². The highest BCUT2D eigenvalue weighted by Crippen LogP contribution is 2.71. The molecular weight excluding hydrogens is 224 g/mol. The number of nitrogens with two attached hydrogens (primary N) is 1. The summed E-state index contributed by atoms with van der Waals surface area (Å²) in [6.07, 6.45) is 2.59. The van der Waals surface area contributed by atoms with E-state index in [2.05, 4.69) is 0 Å². The maximum Gasteiger partial charge on any atom is 0.259 e. The number of alkyl halides is 2. The van der Waals surface area contributed by atoms with Gasteiger partial charge in [0, 0.05) is 18.6 Å². The topological polar surface area (TPSA) is 35.2 Å². The lowest BCUT2D eigenvalue weighted by atomic mass is 9.82. The van der Waals surface area contributed by atoms with E-state index in [1.165, 1.54) is 7.11 Å². The maximum absolute atomic E-state index is 13.5. The summed E-state index contributed by atoms with van der Waals surface area (Å²) in [6, 6.07) is 0.125. The first-order valence-electron chi connectivity index (χ1n) is 5.17. The van der Waals surface area contributed by atoms with Crippen LogP contribution in [0, 0.1) is 11.3 Å². The highest BCUT2D eigenvalue weighted by Gasteiger charge is 2.79. The van der Waals surface area contributed by atoms with Crippen LogP contribution < -0.4 is 5.73 Å². The third-order valence-corrected chi connectivity index (χ3v) is 3.94. The van der Waals surface area contributed by atoms with Gasteiger partial charge in [0.1, 0.15) is 0 Å². The van der Waals surface area contributed by atoms with E-state index in [-0.39, 0.29) is 25.1 Å². The Labute approximate surface area is 94.9 Å². The molecule has 2 saturated carbocycles. The first kappa shape index (κ1) is 13.1. The molecule has 2 aliphatic rings. The highest BCUT2D eigenvalue weighted by molar-refractivity contribution is 5.85. The SMILES string of the molecule is COCC1C(F)(F)C12CCC(N)CC2.Cl. The predicted octanol–water partition coefficient (Wildman–Crippen LogP) is 2.21. The van der Waals surface area contributed by atoms with E-state index in [1.807, 2.05) is 0 Å². The number of rotatable bonds is 2. The number of methoxy groups -OCH3 is 1. The first-order chi connectivity index (χ1) is 6.54. The lowest BCUT2D eigenvalue weighted by molar-refractivity contribution is 0.0366. The summed E-state index contributed by atoms with van der Waals surface area (Å²) in [4.78, 5) is 0. The summed E-state index contributed by atoms with van der Waals surface area (Å²) < 4.78 is 31.9. The van der Waals surface area contributed by atoms with E-state index >= 15 is 0 Å². The first-order valence-corrected chi connectivity index (χ1v) is 5.17. The molecule has 2 rings (SSSR count). The Morgan fingerprint density at radius 1 is 1.33 bits per heavy atom. The molecule has 1 atom stereocenters. The van der Waals surface area contributed by atoms with Crippen molar-refractivity contribution in [3.63, 3.8) is 0 Å². The molecule has 1 unspecified atom stereocenters. The quantitative estimate of drug-likeness (QED) is 0.805. The minimum Gasteiger partial charge on any atom is -0.384 e. The van der Waals surface area contributed by atoms with Gasteiger partial charge in [-0.1, -0.05) is 0 Å². The average molecular weight is 242 g/mol. The largest absolute Gasteiger partial charge is 0.384 e. The highest BCUT2D eigenvalue weighted by atomic mass is 35.5. The number of hydrogen-bond acceptors (Lipinski definition) is 2. The smallest absolute Gasteiger partial charge is 0.259 e. The molecule has 0 bridgehead atoms. The Bertz CT molecular complexity index is 229. The van der Waals surface area contributed by atoms with Crippen LogP contribution in [-0.4, -0.2) is 25.7 Å². The zero-order valence-electron chi connectivity index (χ0n) is 8.84. The Kier molecular flexibility index (Phi) is 3.63. The summed E-state index contributed by atoms with van der Waals surface area (Å²) in [7, 11) is 1.48. The zero-order chi connectivity index (χ0) is 10.4. The third kappa shape index (κ3) is 1.77. The van der Waals surface area contributed by atoms with Crippen molar-refractivity contribution in [2.75, 3.05) is 13.7 Å². The average Bonchev–Trinajstić information content (AvgIpc) is 2.58. The summed E-state index contributed by atoms with van der Waals surface area (Å²) >= 11 is 0. The molecular formula is C10H18ClF2NO. The molecule has 0 amide bonds. The van der Waals surface area contributed by atoms with Crippen molar-refractivity contribution < 1.29 is 13.5 Å². The molecule has 0 aliphatic heterocycles. The molecule has 15 heavy (non-hydrogen) atoms. The zero-order valence-corrected chi connectivity index (χ0v) is 9.66. The minimum absolute atomic E-state index is 0. The fourth-order valence-electron chi connectivity index (χ4n) is 2.86. The van der Waals surface area contributed by atoms with E-state index < -0.39 is 17.3 Å². The Morgan fingerprint density at radius 2 is 1.87 bits per heavy atom. The molecule has 90 valence electrons. The van der Waals surface area contributed by atoms with Gasteiger partial charge in [-0.3, -0.25) is 0 Å². The molecule has 2 fully saturated rings. The molecule has 1 spiro atoms. The van der Waals surface area contributed by atoms with Crippen LogP contribution in [0.2, 0.25) is 0 Å². The summed E-state index contributed by atoms with van der Waals surface area (Å²) in [5.41, 5.74) is 4.95. The van der Waals surface area contributed by atoms with Gasteiger partial charge in [-0.05, 0) is 25.7 Å². The van der Waals surface area contributed by atoms with Crippen molar-refractivity contribution in [2.45, 2.75) is 37.6 Å². The number of hydrogen-bond donors (Lipinski definition) is 1. The standard InChI is InChI=1S/C10H17F2NO.ClH/c1-14-6-8-9(10(8,11)12)4-2-7(13)3-5-9;/h7-8H,2-6,13H2,1H3;1H. The molecule has 0 aromatic carbocycles. The molecule has 2 N–H and O–H groups in total. The van der Waals surface area contributed by atoms with Crippen LogP contribution in [-0.2, 0) is 4.74 Å². The van der Waals surface area contributed by atoms with Crippen LogP contribution in [0.1, 0.15) is 25.7 Å². The van der Waals surface area contributed by atoms with Gasteiger partial charge >= 0.3 is 0 Å². The van der Waals surface area contributed by atoms with Gasteiger partial charge in [0.15, 0.2) is 0 Å². The molecule has 0 saturated heterocycles. The maximum atomic E-state index is 13.5. The summed E-state index contributed by atoms with van der Waals surface area (Å²) in [6.45, 7) is 0.183. The molecule has 2 aliphatic carbocycles. The summed E-state index contributed by atoms with van der Waals surface area (Å²) in [5.74, 6) is -3.07. The van der Waals surface area contributed by atoms with Crippen molar-refractivity contribution in [2.24, 2.45) is 17.1 Å². The number of halogens is 3. The van der Waals surface area contributed by atoms with Crippen molar-refractivity contribution in [3.8, 4) is 0 Å². The lowest BCUT2D eigenvalue weighted by Gasteiger charge is -2.26. The number of ether oxygens (including phenoxy) is 1. The van der Waals surface area contributed by atoms with Crippen molar-refractivity contribution >= 4 is 12.4 Å². The van der Waals surface area contributed by atoms with Gasteiger partial charge in [0.25, 0.3) is 5.92 Å². The Hall–Kier alpha value is 0.0700. The van der Waals surface area contributed by atoms with Crippen LogP contribution in [0.5, 0.6) is 0 Å².